The van der Waals surface area contributed by atoms with Crippen molar-refractivity contribution in [2.24, 2.45) is 0 Å². The van der Waals surface area contributed by atoms with Crippen molar-refractivity contribution in [2.75, 3.05) is 31.0 Å². The summed E-state index contributed by atoms with van der Waals surface area (Å²) in [4.78, 5) is 31.4. The van der Waals surface area contributed by atoms with Crippen LogP contribution in [0.25, 0.3) is 5.69 Å². The standard InChI is InChI=1S/C30H29N5O4S/c1-19-17-20(13-14-22(19)32-26(36)18-38-2)35-28(27(33-30(35)40)23-10-6-7-15-31-23)25-12-8-16-34(25)24-11-5-4-9-21(24)29(37)39-3/h4-17,27-28H,18H2,1-3H3,(H,32,36)(H,33,40)/t27-,28+/m1/s1. The van der Waals surface area contributed by atoms with Gasteiger partial charge in [-0.2, -0.15) is 0 Å². The number of rotatable bonds is 8. The van der Waals surface area contributed by atoms with E-state index in [1.54, 1.807) is 12.3 Å². The van der Waals surface area contributed by atoms with E-state index in [1.807, 2.05) is 84.4 Å². The number of carbonyl (C=O) groups is 2. The third kappa shape index (κ3) is 5.18. The highest BCUT2D eigenvalue weighted by Crippen LogP contribution is 2.43. The summed E-state index contributed by atoms with van der Waals surface area (Å²) in [5.41, 5.74) is 5.27. The number of nitrogens with zero attached hydrogens (tertiary/aromatic N) is 3. The lowest BCUT2D eigenvalue weighted by Crippen LogP contribution is -2.30. The van der Waals surface area contributed by atoms with Gasteiger partial charge in [0, 0.05) is 36.6 Å². The molecule has 4 aromatic rings. The molecule has 9 nitrogen and oxygen atoms in total. The van der Waals surface area contributed by atoms with Crippen LogP contribution >= 0.6 is 12.2 Å². The van der Waals surface area contributed by atoms with Gasteiger partial charge in [0.25, 0.3) is 0 Å². The number of para-hydroxylation sites is 1. The number of aryl methyl sites for hydroxylation is 1. The molecule has 1 amide bonds. The van der Waals surface area contributed by atoms with Crippen LogP contribution in [0, 0.1) is 6.92 Å². The van der Waals surface area contributed by atoms with Crippen LogP contribution in [-0.4, -0.2) is 47.4 Å². The van der Waals surface area contributed by atoms with E-state index in [1.165, 1.54) is 14.2 Å². The van der Waals surface area contributed by atoms with Crippen LogP contribution < -0.4 is 15.5 Å². The fourth-order valence-corrected chi connectivity index (χ4v) is 5.36. The number of thiocarbonyl (C=S) groups is 1. The van der Waals surface area contributed by atoms with Gasteiger partial charge in [0.1, 0.15) is 12.6 Å². The highest BCUT2D eigenvalue weighted by molar-refractivity contribution is 7.80. The van der Waals surface area contributed by atoms with Gasteiger partial charge in [-0.25, -0.2) is 4.79 Å². The van der Waals surface area contributed by atoms with E-state index < -0.39 is 5.97 Å². The monoisotopic (exact) mass is 555 g/mol. The number of amides is 1. The van der Waals surface area contributed by atoms with Crippen molar-refractivity contribution < 1.29 is 19.1 Å². The number of hydrogen-bond donors (Lipinski definition) is 2. The molecule has 0 spiro atoms. The number of esters is 1. The Balaban J connectivity index is 1.62. The molecule has 3 heterocycles. The topological polar surface area (TPSA) is 97.7 Å². The molecule has 5 rings (SSSR count). The van der Waals surface area contributed by atoms with Crippen molar-refractivity contribution in [3.63, 3.8) is 0 Å². The molecule has 2 atom stereocenters. The van der Waals surface area contributed by atoms with Crippen LogP contribution in [0.3, 0.4) is 0 Å². The molecule has 10 heteroatoms. The molecule has 1 fully saturated rings. The molecule has 1 aliphatic rings. The molecule has 204 valence electrons. The third-order valence-electron chi connectivity index (χ3n) is 6.79. The van der Waals surface area contributed by atoms with Crippen LogP contribution in [0.1, 0.15) is 39.4 Å². The quantitative estimate of drug-likeness (QED) is 0.238. The highest BCUT2D eigenvalue weighted by atomic mass is 32.1. The predicted molar refractivity (Wildman–Crippen MR) is 157 cm³/mol. The normalized spacial score (nSPS) is 16.5. The van der Waals surface area contributed by atoms with Crippen LogP contribution in [0.5, 0.6) is 0 Å². The summed E-state index contributed by atoms with van der Waals surface area (Å²) in [5.74, 6) is -0.651. The second-order valence-corrected chi connectivity index (χ2v) is 9.68. The molecule has 0 bridgehead atoms. The van der Waals surface area contributed by atoms with Gasteiger partial charge < -0.3 is 29.6 Å². The summed E-state index contributed by atoms with van der Waals surface area (Å²) in [7, 11) is 2.85. The summed E-state index contributed by atoms with van der Waals surface area (Å²) in [5, 5.41) is 6.88. The molecule has 1 aliphatic heterocycles. The first-order valence-corrected chi connectivity index (χ1v) is 13.1. The van der Waals surface area contributed by atoms with Crippen molar-refractivity contribution in [2.45, 2.75) is 19.0 Å². The number of carbonyl (C=O) groups excluding carboxylic acids is 2. The fraction of sp³-hybridized carbons (Fsp3) is 0.200. The lowest BCUT2D eigenvalue weighted by molar-refractivity contribution is -0.119. The predicted octanol–water partition coefficient (Wildman–Crippen LogP) is 4.73. The zero-order chi connectivity index (χ0) is 28.2. The molecular formula is C30H29N5O4S. The van der Waals surface area contributed by atoms with Gasteiger partial charge in [-0.05, 0) is 79.3 Å². The largest absolute Gasteiger partial charge is 0.465 e. The van der Waals surface area contributed by atoms with Crippen LogP contribution in [0.15, 0.2) is 85.2 Å². The number of anilines is 2. The van der Waals surface area contributed by atoms with Gasteiger partial charge in [-0.3, -0.25) is 9.78 Å². The molecule has 1 saturated heterocycles. The Bertz CT molecular complexity index is 1550. The molecule has 40 heavy (non-hydrogen) atoms. The van der Waals surface area contributed by atoms with Crippen molar-refractivity contribution in [3.05, 3.63) is 108 Å². The Hall–Kier alpha value is -4.54. The van der Waals surface area contributed by atoms with Crippen molar-refractivity contribution in [3.8, 4) is 5.69 Å². The molecule has 0 aliphatic carbocycles. The SMILES string of the molecule is COCC(=O)Nc1ccc(N2C(=S)N[C@H](c3ccccn3)[C@@H]2c2cccn2-c2ccccc2C(=O)OC)cc1C. The zero-order valence-electron chi connectivity index (χ0n) is 22.3. The summed E-state index contributed by atoms with van der Waals surface area (Å²) >= 11 is 5.89. The number of methoxy groups -OCH3 is 2. The number of ether oxygens (including phenoxy) is 2. The molecular weight excluding hydrogens is 526 g/mol. The van der Waals surface area contributed by atoms with Crippen LogP contribution in [-0.2, 0) is 14.3 Å². The summed E-state index contributed by atoms with van der Waals surface area (Å²) in [6, 6.07) is 22.2. The van der Waals surface area contributed by atoms with Gasteiger partial charge in [0.2, 0.25) is 5.91 Å². The second-order valence-electron chi connectivity index (χ2n) is 9.29. The first kappa shape index (κ1) is 27.0. The zero-order valence-corrected chi connectivity index (χ0v) is 23.1. The maximum absolute atomic E-state index is 12.6. The number of benzene rings is 2. The first-order chi connectivity index (χ1) is 19.4. The number of nitrogens with one attached hydrogen (secondary N) is 2. The van der Waals surface area contributed by atoms with E-state index >= 15 is 0 Å². The van der Waals surface area contributed by atoms with Gasteiger partial charge in [-0.1, -0.05) is 18.2 Å². The minimum atomic E-state index is -0.421. The minimum Gasteiger partial charge on any atom is -0.465 e. The van der Waals surface area contributed by atoms with Gasteiger partial charge in [0.15, 0.2) is 5.11 Å². The Labute approximate surface area is 237 Å². The first-order valence-electron chi connectivity index (χ1n) is 12.7. The lowest BCUT2D eigenvalue weighted by Gasteiger charge is -2.29. The van der Waals surface area contributed by atoms with Crippen LogP contribution in [0.2, 0.25) is 0 Å². The van der Waals surface area contributed by atoms with E-state index in [4.69, 9.17) is 21.7 Å². The maximum atomic E-state index is 12.6. The van der Waals surface area contributed by atoms with E-state index in [-0.39, 0.29) is 24.6 Å². The molecule has 0 radical (unpaired) electrons. The van der Waals surface area contributed by atoms with Gasteiger partial charge in [0.05, 0.1) is 30.1 Å². The van der Waals surface area contributed by atoms with E-state index in [9.17, 15) is 9.59 Å². The molecule has 2 aromatic heterocycles. The maximum Gasteiger partial charge on any atom is 0.339 e. The highest BCUT2D eigenvalue weighted by Gasteiger charge is 2.42. The fourth-order valence-electron chi connectivity index (χ4n) is 5.01. The smallest absolute Gasteiger partial charge is 0.339 e. The molecule has 0 unspecified atom stereocenters. The van der Waals surface area contributed by atoms with E-state index in [0.29, 0.717) is 22.1 Å². The number of aromatic nitrogens is 2. The summed E-state index contributed by atoms with van der Waals surface area (Å²) in [6.45, 7) is 1.90. The lowest BCUT2D eigenvalue weighted by atomic mass is 10.00. The minimum absolute atomic E-state index is 0.0286. The average Bonchev–Trinajstić information content (AvgIpc) is 3.58. The number of pyridine rings is 1. The Kier molecular flexibility index (Phi) is 7.90. The average molecular weight is 556 g/mol. The molecule has 2 N–H and O–H groups in total. The molecule has 0 saturated carbocycles. The van der Waals surface area contributed by atoms with Crippen molar-refractivity contribution in [1.29, 1.82) is 0 Å². The Morgan fingerprint density at radius 2 is 1.85 bits per heavy atom. The second kappa shape index (κ2) is 11.7. The molecule has 2 aromatic carbocycles. The number of hydrogen-bond acceptors (Lipinski definition) is 6. The van der Waals surface area contributed by atoms with Crippen molar-refractivity contribution >= 4 is 40.6 Å². The summed E-state index contributed by atoms with van der Waals surface area (Å²) in [6.07, 6.45) is 3.68. The van der Waals surface area contributed by atoms with E-state index in [2.05, 4.69) is 20.5 Å². The Morgan fingerprint density at radius 3 is 2.58 bits per heavy atom. The Morgan fingerprint density at radius 1 is 1.05 bits per heavy atom. The van der Waals surface area contributed by atoms with Crippen molar-refractivity contribution in [1.82, 2.24) is 14.9 Å². The van der Waals surface area contributed by atoms with Gasteiger partial charge in [-0.15, -0.1) is 0 Å². The van der Waals surface area contributed by atoms with Gasteiger partial charge >= 0.3 is 5.97 Å². The van der Waals surface area contributed by atoms with Crippen LogP contribution in [0.4, 0.5) is 11.4 Å². The third-order valence-corrected chi connectivity index (χ3v) is 7.10. The van der Waals surface area contributed by atoms with E-state index in [0.717, 1.165) is 22.6 Å². The summed E-state index contributed by atoms with van der Waals surface area (Å²) < 4.78 is 12.0.